The van der Waals surface area contributed by atoms with Crippen molar-refractivity contribution in [2.24, 2.45) is 0 Å². The number of nitrogens with one attached hydrogen (secondary N) is 1. The van der Waals surface area contributed by atoms with Crippen LogP contribution in [0.4, 0.5) is 5.82 Å². The number of hydrogen-bond acceptors (Lipinski definition) is 4. The van der Waals surface area contributed by atoms with Crippen molar-refractivity contribution in [3.63, 3.8) is 0 Å². The van der Waals surface area contributed by atoms with Gasteiger partial charge in [0, 0.05) is 41.1 Å². The molecule has 0 saturated heterocycles. The molecule has 84 valence electrons. The largest absolute Gasteiger partial charge is 0.369 e. The number of rotatable bonds is 6. The number of anilines is 1. The lowest BCUT2D eigenvalue weighted by atomic mass is 10.2. The van der Waals surface area contributed by atoms with E-state index in [1.165, 1.54) is 0 Å². The molecule has 1 unspecified atom stereocenters. The first-order valence-corrected chi connectivity index (χ1v) is 6.80. The summed E-state index contributed by atoms with van der Waals surface area (Å²) >= 11 is 0. The second kappa shape index (κ2) is 6.50. The van der Waals surface area contributed by atoms with E-state index in [-0.39, 0.29) is 0 Å². The monoisotopic (exact) mass is 227 g/mol. The van der Waals surface area contributed by atoms with Gasteiger partial charge in [0.25, 0.3) is 0 Å². The second-order valence-corrected chi connectivity index (χ2v) is 4.90. The summed E-state index contributed by atoms with van der Waals surface area (Å²) in [5.74, 6) is 1.46. The molecule has 1 atom stereocenters. The molecule has 15 heavy (non-hydrogen) atoms. The number of aryl methyl sites for hydroxylation is 1. The van der Waals surface area contributed by atoms with Crippen LogP contribution in [0.25, 0.3) is 0 Å². The van der Waals surface area contributed by atoms with Crippen LogP contribution < -0.4 is 5.32 Å². The Morgan fingerprint density at radius 2 is 2.27 bits per heavy atom. The van der Waals surface area contributed by atoms with E-state index in [9.17, 15) is 4.21 Å². The molecule has 4 nitrogen and oxygen atoms in total. The zero-order chi connectivity index (χ0) is 11.1. The van der Waals surface area contributed by atoms with Crippen molar-refractivity contribution < 1.29 is 4.21 Å². The highest BCUT2D eigenvalue weighted by atomic mass is 32.2. The van der Waals surface area contributed by atoms with Crippen LogP contribution in [0.2, 0.25) is 0 Å². The molecule has 1 aromatic heterocycles. The van der Waals surface area contributed by atoms with E-state index in [2.05, 4.69) is 22.2 Å². The third kappa shape index (κ3) is 4.88. The molecule has 0 aliphatic carbocycles. The van der Waals surface area contributed by atoms with E-state index in [1.807, 2.05) is 6.07 Å². The van der Waals surface area contributed by atoms with Crippen molar-refractivity contribution >= 4 is 16.6 Å². The van der Waals surface area contributed by atoms with Crippen LogP contribution in [-0.2, 0) is 17.2 Å². The molecule has 0 bridgehead atoms. The van der Waals surface area contributed by atoms with Gasteiger partial charge in [0.2, 0.25) is 0 Å². The van der Waals surface area contributed by atoms with Gasteiger partial charge < -0.3 is 5.32 Å². The SMILES string of the molecule is CCCc1cc(NCCS(C)=O)ncn1. The summed E-state index contributed by atoms with van der Waals surface area (Å²) in [5.41, 5.74) is 1.05. The van der Waals surface area contributed by atoms with Crippen molar-refractivity contribution in [2.45, 2.75) is 19.8 Å². The Kier molecular flexibility index (Phi) is 5.25. The molecular formula is C10H17N3OS. The number of aromatic nitrogens is 2. The average molecular weight is 227 g/mol. The maximum atomic E-state index is 10.8. The molecule has 1 N–H and O–H groups in total. The van der Waals surface area contributed by atoms with Gasteiger partial charge in [-0.25, -0.2) is 9.97 Å². The van der Waals surface area contributed by atoms with Gasteiger partial charge in [0.05, 0.1) is 0 Å². The molecule has 1 aromatic rings. The Bertz CT molecular complexity index is 330. The van der Waals surface area contributed by atoms with Gasteiger partial charge in [-0.1, -0.05) is 13.3 Å². The Hall–Kier alpha value is -0.970. The highest BCUT2D eigenvalue weighted by molar-refractivity contribution is 7.84. The van der Waals surface area contributed by atoms with E-state index in [1.54, 1.807) is 12.6 Å². The fourth-order valence-corrected chi connectivity index (χ4v) is 1.60. The number of hydrogen-bond donors (Lipinski definition) is 1. The van der Waals surface area contributed by atoms with E-state index in [4.69, 9.17) is 0 Å². The van der Waals surface area contributed by atoms with Crippen LogP contribution in [0, 0.1) is 0 Å². The maximum absolute atomic E-state index is 10.8. The quantitative estimate of drug-likeness (QED) is 0.794. The summed E-state index contributed by atoms with van der Waals surface area (Å²) < 4.78 is 10.8. The Balaban J connectivity index is 2.46. The smallest absolute Gasteiger partial charge is 0.129 e. The zero-order valence-electron chi connectivity index (χ0n) is 9.19. The first kappa shape index (κ1) is 12.1. The van der Waals surface area contributed by atoms with Crippen molar-refractivity contribution in [1.82, 2.24) is 9.97 Å². The molecule has 0 aromatic carbocycles. The van der Waals surface area contributed by atoms with Gasteiger partial charge in [-0.3, -0.25) is 4.21 Å². The maximum Gasteiger partial charge on any atom is 0.129 e. The summed E-state index contributed by atoms with van der Waals surface area (Å²) in [7, 11) is -0.754. The van der Waals surface area contributed by atoms with Gasteiger partial charge in [0.1, 0.15) is 12.1 Å². The number of nitrogens with zero attached hydrogens (tertiary/aromatic N) is 2. The second-order valence-electron chi connectivity index (χ2n) is 3.35. The van der Waals surface area contributed by atoms with Crippen LogP contribution in [0.1, 0.15) is 19.0 Å². The molecule has 0 fully saturated rings. The lowest BCUT2D eigenvalue weighted by molar-refractivity contribution is 0.687. The predicted octanol–water partition coefficient (Wildman–Crippen LogP) is 1.22. The van der Waals surface area contributed by atoms with E-state index < -0.39 is 10.8 Å². The van der Waals surface area contributed by atoms with Crippen LogP contribution in [0.5, 0.6) is 0 Å². The van der Waals surface area contributed by atoms with Gasteiger partial charge in [0.15, 0.2) is 0 Å². The van der Waals surface area contributed by atoms with Crippen LogP contribution in [0.3, 0.4) is 0 Å². The fraction of sp³-hybridized carbons (Fsp3) is 0.600. The Morgan fingerprint density at radius 3 is 2.93 bits per heavy atom. The highest BCUT2D eigenvalue weighted by Gasteiger charge is 1.98. The first-order chi connectivity index (χ1) is 7.22. The molecule has 0 aliphatic heterocycles. The minimum Gasteiger partial charge on any atom is -0.369 e. The van der Waals surface area contributed by atoms with Crippen molar-refractivity contribution in [3.05, 3.63) is 18.1 Å². The highest BCUT2D eigenvalue weighted by Crippen LogP contribution is 2.05. The van der Waals surface area contributed by atoms with Crippen molar-refractivity contribution in [1.29, 1.82) is 0 Å². The molecular weight excluding hydrogens is 210 g/mol. The van der Waals surface area contributed by atoms with Gasteiger partial charge in [-0.2, -0.15) is 0 Å². The minimum atomic E-state index is -0.754. The average Bonchev–Trinajstić information content (AvgIpc) is 2.18. The van der Waals surface area contributed by atoms with Crippen LogP contribution in [-0.4, -0.2) is 32.7 Å². The van der Waals surface area contributed by atoms with Gasteiger partial charge in [-0.05, 0) is 6.42 Å². The van der Waals surface area contributed by atoms with E-state index in [0.29, 0.717) is 12.3 Å². The Morgan fingerprint density at radius 1 is 1.47 bits per heavy atom. The summed E-state index contributed by atoms with van der Waals surface area (Å²) in [5, 5.41) is 3.13. The normalized spacial score (nSPS) is 12.4. The van der Waals surface area contributed by atoms with Crippen molar-refractivity contribution in [3.8, 4) is 0 Å². The lowest BCUT2D eigenvalue weighted by Gasteiger charge is -2.05. The molecule has 1 heterocycles. The van der Waals surface area contributed by atoms with E-state index >= 15 is 0 Å². The molecule has 0 aliphatic rings. The third-order valence-electron chi connectivity index (χ3n) is 1.93. The predicted molar refractivity (Wildman–Crippen MR) is 63.5 cm³/mol. The first-order valence-electron chi connectivity index (χ1n) is 5.07. The zero-order valence-corrected chi connectivity index (χ0v) is 10.0. The van der Waals surface area contributed by atoms with Gasteiger partial charge >= 0.3 is 0 Å². The molecule has 0 saturated carbocycles. The summed E-state index contributed by atoms with van der Waals surface area (Å²) in [6.45, 7) is 2.81. The third-order valence-corrected chi connectivity index (χ3v) is 2.70. The molecule has 0 radical (unpaired) electrons. The molecule has 0 spiro atoms. The standard InChI is InChI=1S/C10H17N3OS/c1-3-4-9-7-10(13-8-12-9)11-5-6-15(2)14/h7-8H,3-6H2,1-2H3,(H,11,12,13). The summed E-state index contributed by atoms with van der Waals surface area (Å²) in [6, 6.07) is 1.95. The van der Waals surface area contributed by atoms with Crippen molar-refractivity contribution in [2.75, 3.05) is 23.9 Å². The summed E-state index contributed by atoms with van der Waals surface area (Å²) in [6.07, 6.45) is 5.31. The van der Waals surface area contributed by atoms with E-state index in [0.717, 1.165) is 24.4 Å². The summed E-state index contributed by atoms with van der Waals surface area (Å²) in [4.78, 5) is 8.26. The topological polar surface area (TPSA) is 54.9 Å². The Labute approximate surface area is 93.0 Å². The molecule has 1 rings (SSSR count). The van der Waals surface area contributed by atoms with Crippen LogP contribution in [0.15, 0.2) is 12.4 Å². The fourth-order valence-electron chi connectivity index (χ4n) is 1.21. The van der Waals surface area contributed by atoms with Crippen LogP contribution >= 0.6 is 0 Å². The molecule has 0 amide bonds. The van der Waals surface area contributed by atoms with Gasteiger partial charge in [-0.15, -0.1) is 0 Å². The molecule has 5 heteroatoms. The minimum absolute atomic E-state index is 0.646. The lowest BCUT2D eigenvalue weighted by Crippen LogP contribution is -2.11.